The lowest BCUT2D eigenvalue weighted by Gasteiger charge is -2.38. The van der Waals surface area contributed by atoms with Crippen molar-refractivity contribution in [1.29, 1.82) is 0 Å². The lowest BCUT2D eigenvalue weighted by Crippen LogP contribution is -2.52. The zero-order chi connectivity index (χ0) is 41.6. The van der Waals surface area contributed by atoms with Crippen molar-refractivity contribution in [1.82, 2.24) is 30.4 Å². The maximum absolute atomic E-state index is 15.3. The number of likely N-dealkylation sites (tertiary alicyclic amines) is 1. The molecule has 7 rings (SSSR count). The molecular weight excluding hydrogens is 823 g/mol. The van der Waals surface area contributed by atoms with Crippen molar-refractivity contribution in [2.75, 3.05) is 80.8 Å². The van der Waals surface area contributed by atoms with Gasteiger partial charge in [-0.15, -0.1) is 0 Å². The van der Waals surface area contributed by atoms with Gasteiger partial charge in [-0.3, -0.25) is 29.4 Å². The number of benzene rings is 3. The molecule has 3 aliphatic rings. The Morgan fingerprint density at radius 1 is 0.966 bits per heavy atom. The van der Waals surface area contributed by atoms with E-state index >= 15 is 4.39 Å². The third-order valence-corrected chi connectivity index (χ3v) is 11.7. The molecule has 3 aromatic carbocycles. The van der Waals surface area contributed by atoms with Crippen LogP contribution in [0.15, 0.2) is 65.3 Å². The topological polar surface area (TPSA) is 173 Å². The summed E-state index contributed by atoms with van der Waals surface area (Å²) in [5.41, 5.74) is 4.94. The standard InChI is InChI=1S/C42H48BrFN10O5/c1-25-20-34(49-42-46-23-30(43)39(51-42)48-32-7-5-4-6-29(32)40(57)45-2)36(59-3)22-35(25)53-16-18-54(19-17-53)38(56)24-52-14-12-26(13-15-52)28-9-8-27(21-31(28)44)47-33-10-11-37(55)50-41(33)58/h4-9,20-23,26,33,47H,10-19,24H2,1-3H3,(H,45,57)(H,50,55,58)(H2,46,48,49,51). The minimum atomic E-state index is -0.573. The Labute approximate surface area is 350 Å². The molecule has 1 unspecified atom stereocenters. The van der Waals surface area contributed by atoms with Crippen LogP contribution in [0, 0.1) is 12.7 Å². The number of aryl methyl sites for hydroxylation is 1. The molecular formula is C42H48BrFN10O5. The molecule has 1 atom stereocenters. The molecule has 0 spiro atoms. The minimum absolute atomic E-state index is 0.0396. The van der Waals surface area contributed by atoms with Gasteiger partial charge in [0.25, 0.3) is 5.91 Å². The SMILES string of the molecule is CNC(=O)c1ccccc1Nc1nc(Nc2cc(C)c(N3CCN(C(=O)CN4CCC(c5ccc(NC6CCC(=O)NC6=O)cc5F)CC4)CC3)cc2OC)ncc1Br. The molecule has 4 heterocycles. The third-order valence-electron chi connectivity index (χ3n) is 11.1. The third kappa shape index (κ3) is 9.74. The Morgan fingerprint density at radius 2 is 1.73 bits per heavy atom. The molecule has 0 bridgehead atoms. The number of amides is 4. The number of piperidine rings is 2. The fourth-order valence-corrected chi connectivity index (χ4v) is 8.13. The quantitative estimate of drug-likeness (QED) is 0.117. The normalized spacial score (nSPS) is 17.6. The van der Waals surface area contributed by atoms with Gasteiger partial charge in [-0.1, -0.05) is 18.2 Å². The summed E-state index contributed by atoms with van der Waals surface area (Å²) < 4.78 is 21.7. The number of nitrogens with one attached hydrogen (secondary N) is 5. The fraction of sp³-hybridized carbons (Fsp3) is 0.381. The highest BCUT2D eigenvalue weighted by Gasteiger charge is 2.29. The van der Waals surface area contributed by atoms with E-state index in [1.54, 1.807) is 50.7 Å². The number of rotatable bonds is 12. The average molecular weight is 872 g/mol. The van der Waals surface area contributed by atoms with E-state index in [4.69, 9.17) is 4.74 Å². The van der Waals surface area contributed by atoms with Crippen LogP contribution in [0.25, 0.3) is 0 Å². The molecule has 310 valence electrons. The van der Waals surface area contributed by atoms with Crippen LogP contribution in [0.4, 0.5) is 38.9 Å². The summed E-state index contributed by atoms with van der Waals surface area (Å²) in [6.45, 7) is 6.26. The summed E-state index contributed by atoms with van der Waals surface area (Å²) in [5, 5.41) is 14.5. The number of hydrogen-bond donors (Lipinski definition) is 5. The maximum Gasteiger partial charge on any atom is 0.253 e. The molecule has 4 amide bonds. The predicted octanol–water partition coefficient (Wildman–Crippen LogP) is 5.29. The first-order valence-electron chi connectivity index (χ1n) is 19.7. The Morgan fingerprint density at radius 3 is 2.44 bits per heavy atom. The van der Waals surface area contributed by atoms with Gasteiger partial charge in [0.2, 0.25) is 23.7 Å². The highest BCUT2D eigenvalue weighted by atomic mass is 79.9. The summed E-state index contributed by atoms with van der Waals surface area (Å²) in [6, 6.07) is 15.6. The highest BCUT2D eigenvalue weighted by Crippen LogP contribution is 2.36. The molecule has 17 heteroatoms. The summed E-state index contributed by atoms with van der Waals surface area (Å²) >= 11 is 3.51. The van der Waals surface area contributed by atoms with Crippen LogP contribution in [-0.4, -0.2) is 109 Å². The van der Waals surface area contributed by atoms with Crippen molar-refractivity contribution in [2.24, 2.45) is 0 Å². The highest BCUT2D eigenvalue weighted by molar-refractivity contribution is 9.10. The summed E-state index contributed by atoms with van der Waals surface area (Å²) in [6.07, 6.45) is 3.73. The van der Waals surface area contributed by atoms with E-state index in [-0.39, 0.29) is 35.9 Å². The van der Waals surface area contributed by atoms with Crippen molar-refractivity contribution in [3.8, 4) is 5.75 Å². The number of methoxy groups -OCH3 is 1. The van der Waals surface area contributed by atoms with Crippen LogP contribution in [0.1, 0.15) is 53.1 Å². The number of nitrogens with zero attached hydrogens (tertiary/aromatic N) is 5. The smallest absolute Gasteiger partial charge is 0.253 e. The molecule has 3 fully saturated rings. The van der Waals surface area contributed by atoms with Crippen molar-refractivity contribution in [2.45, 2.75) is 44.6 Å². The number of carbonyl (C=O) groups excluding carboxylic acids is 4. The van der Waals surface area contributed by atoms with E-state index < -0.39 is 11.9 Å². The minimum Gasteiger partial charge on any atom is -0.494 e. The number of carbonyl (C=O) groups is 4. The largest absolute Gasteiger partial charge is 0.494 e. The van der Waals surface area contributed by atoms with E-state index in [2.05, 4.69) is 62.3 Å². The predicted molar refractivity (Wildman–Crippen MR) is 227 cm³/mol. The van der Waals surface area contributed by atoms with Gasteiger partial charge in [0.1, 0.15) is 23.4 Å². The lowest BCUT2D eigenvalue weighted by molar-refractivity contribution is -0.134. The second-order valence-corrected chi connectivity index (χ2v) is 15.8. The Balaban J connectivity index is 0.904. The van der Waals surface area contributed by atoms with E-state index in [0.29, 0.717) is 102 Å². The van der Waals surface area contributed by atoms with Crippen molar-refractivity contribution in [3.05, 3.63) is 87.8 Å². The zero-order valence-corrected chi connectivity index (χ0v) is 34.8. The van der Waals surface area contributed by atoms with Gasteiger partial charge in [-0.25, -0.2) is 9.37 Å². The van der Waals surface area contributed by atoms with Crippen LogP contribution >= 0.6 is 15.9 Å². The first-order valence-corrected chi connectivity index (χ1v) is 20.5. The van der Waals surface area contributed by atoms with Gasteiger partial charge in [-0.2, -0.15) is 4.98 Å². The number of hydrogen-bond acceptors (Lipinski definition) is 12. The van der Waals surface area contributed by atoms with E-state index in [9.17, 15) is 19.2 Å². The number of anilines is 6. The molecule has 0 saturated carbocycles. The number of ether oxygens (including phenoxy) is 1. The molecule has 1 aromatic heterocycles. The first-order chi connectivity index (χ1) is 28.5. The second-order valence-electron chi connectivity index (χ2n) is 14.9. The first kappa shape index (κ1) is 41.4. The van der Waals surface area contributed by atoms with Crippen LogP contribution in [0.5, 0.6) is 5.75 Å². The number of imide groups is 1. The summed E-state index contributed by atoms with van der Waals surface area (Å²) in [4.78, 5) is 64.9. The van der Waals surface area contributed by atoms with Gasteiger partial charge < -0.3 is 35.8 Å². The number of piperazine rings is 1. The Kier molecular flexibility index (Phi) is 12.9. The van der Waals surface area contributed by atoms with Crippen molar-refractivity contribution in [3.63, 3.8) is 0 Å². The molecule has 3 saturated heterocycles. The van der Waals surface area contributed by atoms with Crippen LogP contribution < -0.4 is 36.2 Å². The van der Waals surface area contributed by atoms with E-state index in [1.807, 2.05) is 30.0 Å². The van der Waals surface area contributed by atoms with Crippen molar-refractivity contribution < 1.29 is 28.3 Å². The maximum atomic E-state index is 15.3. The Bertz CT molecular complexity index is 2230. The van der Waals surface area contributed by atoms with Gasteiger partial charge in [0.15, 0.2) is 0 Å². The molecule has 5 N–H and O–H groups in total. The second kappa shape index (κ2) is 18.4. The van der Waals surface area contributed by atoms with Gasteiger partial charge in [-0.05, 0) is 103 Å². The monoisotopic (exact) mass is 870 g/mol. The van der Waals surface area contributed by atoms with Crippen LogP contribution in [0.3, 0.4) is 0 Å². The van der Waals surface area contributed by atoms with E-state index in [0.717, 1.165) is 24.1 Å². The number of para-hydroxylation sites is 1. The zero-order valence-electron chi connectivity index (χ0n) is 33.2. The fourth-order valence-electron chi connectivity index (χ4n) is 7.84. The lowest BCUT2D eigenvalue weighted by atomic mass is 9.89. The molecule has 0 aliphatic carbocycles. The van der Waals surface area contributed by atoms with Crippen molar-refractivity contribution >= 4 is 74.1 Å². The Hall–Kier alpha value is -5.81. The van der Waals surface area contributed by atoms with E-state index in [1.165, 1.54) is 6.07 Å². The summed E-state index contributed by atoms with van der Waals surface area (Å²) in [5.74, 6) is 0.314. The molecule has 15 nitrogen and oxygen atoms in total. The van der Waals surface area contributed by atoms with Gasteiger partial charge in [0.05, 0.1) is 35.1 Å². The summed E-state index contributed by atoms with van der Waals surface area (Å²) in [7, 11) is 3.19. The molecule has 4 aromatic rings. The average Bonchev–Trinajstić information content (AvgIpc) is 3.23. The van der Waals surface area contributed by atoms with Crippen LogP contribution in [0.2, 0.25) is 0 Å². The van der Waals surface area contributed by atoms with Gasteiger partial charge in [0, 0.05) is 63.3 Å². The molecule has 59 heavy (non-hydrogen) atoms. The van der Waals surface area contributed by atoms with Crippen LogP contribution in [-0.2, 0) is 14.4 Å². The molecule has 3 aliphatic heterocycles. The molecule has 0 radical (unpaired) electrons. The number of halogens is 2. The number of aromatic nitrogens is 2. The van der Waals surface area contributed by atoms with Gasteiger partial charge >= 0.3 is 0 Å².